The number of nitrogens with zero attached hydrogens (tertiary/aromatic N) is 2. The number of H-pyrrole nitrogens is 1. The third kappa shape index (κ3) is 4.86. The van der Waals surface area contributed by atoms with E-state index in [-0.39, 0.29) is 5.69 Å². The Hall–Kier alpha value is -3.94. The minimum absolute atomic E-state index is 0.268. The maximum atomic E-state index is 12.3. The van der Waals surface area contributed by atoms with Gasteiger partial charge in [0.1, 0.15) is 11.4 Å². The van der Waals surface area contributed by atoms with Gasteiger partial charge in [0.15, 0.2) is 0 Å². The standard InChI is InChI=1S/C21H20N4O4/c1-3-29-19-7-5-4-6-16(19)17-12-18(24-23-17)20(26)25-22-13-14-8-10-15(11-9-14)21(27)28-2/h4-13H,3H2,1-2H3,(H,23,24)(H,25,26)/b22-13+. The summed E-state index contributed by atoms with van der Waals surface area (Å²) in [5.74, 6) is -0.148. The molecule has 1 aromatic heterocycles. The van der Waals surface area contributed by atoms with Crippen LogP contribution in [0.2, 0.25) is 0 Å². The second-order valence-electron chi connectivity index (χ2n) is 5.91. The molecule has 29 heavy (non-hydrogen) atoms. The molecule has 0 saturated heterocycles. The van der Waals surface area contributed by atoms with Gasteiger partial charge >= 0.3 is 5.97 Å². The van der Waals surface area contributed by atoms with Crippen molar-refractivity contribution in [2.45, 2.75) is 6.92 Å². The molecule has 0 unspecified atom stereocenters. The number of esters is 1. The Morgan fingerprint density at radius 2 is 1.93 bits per heavy atom. The highest BCUT2D eigenvalue weighted by Gasteiger charge is 2.13. The summed E-state index contributed by atoms with van der Waals surface area (Å²) < 4.78 is 10.2. The lowest BCUT2D eigenvalue weighted by molar-refractivity contribution is 0.0600. The molecular formula is C21H20N4O4. The number of methoxy groups -OCH3 is 1. The molecule has 0 radical (unpaired) electrons. The first-order valence-corrected chi connectivity index (χ1v) is 8.91. The summed E-state index contributed by atoms with van der Waals surface area (Å²) in [4.78, 5) is 23.7. The lowest BCUT2D eigenvalue weighted by Gasteiger charge is -2.07. The number of benzene rings is 2. The van der Waals surface area contributed by atoms with Gasteiger partial charge in [0.25, 0.3) is 5.91 Å². The second kappa shape index (κ2) is 9.32. The lowest BCUT2D eigenvalue weighted by Crippen LogP contribution is -2.18. The molecule has 2 N–H and O–H groups in total. The third-order valence-electron chi connectivity index (χ3n) is 4.00. The number of nitrogens with one attached hydrogen (secondary N) is 2. The quantitative estimate of drug-likeness (QED) is 0.365. The van der Waals surface area contributed by atoms with Crippen molar-refractivity contribution in [1.29, 1.82) is 0 Å². The molecule has 1 heterocycles. The van der Waals surface area contributed by atoms with Crippen LogP contribution in [-0.2, 0) is 4.74 Å². The molecule has 1 amide bonds. The van der Waals surface area contributed by atoms with E-state index in [2.05, 4.69) is 25.5 Å². The van der Waals surface area contributed by atoms with Crippen LogP contribution in [0.3, 0.4) is 0 Å². The van der Waals surface area contributed by atoms with Gasteiger partial charge in [-0.3, -0.25) is 9.89 Å². The Balaban J connectivity index is 1.65. The van der Waals surface area contributed by atoms with E-state index >= 15 is 0 Å². The predicted octanol–water partition coefficient (Wildman–Crippen LogP) is 3.03. The molecule has 0 aliphatic rings. The Labute approximate surface area is 167 Å². The van der Waals surface area contributed by atoms with Crippen LogP contribution in [0.15, 0.2) is 59.7 Å². The summed E-state index contributed by atoms with van der Waals surface area (Å²) in [6.07, 6.45) is 1.47. The molecule has 8 nitrogen and oxygen atoms in total. The topological polar surface area (TPSA) is 106 Å². The minimum atomic E-state index is -0.430. The van der Waals surface area contributed by atoms with E-state index in [9.17, 15) is 9.59 Å². The van der Waals surface area contributed by atoms with Crippen LogP contribution >= 0.6 is 0 Å². The van der Waals surface area contributed by atoms with Crippen LogP contribution in [0.5, 0.6) is 5.75 Å². The van der Waals surface area contributed by atoms with Crippen molar-refractivity contribution in [3.8, 4) is 17.0 Å². The van der Waals surface area contributed by atoms with Crippen molar-refractivity contribution in [3.05, 3.63) is 71.4 Å². The van der Waals surface area contributed by atoms with Crippen LogP contribution in [0.4, 0.5) is 0 Å². The predicted molar refractivity (Wildman–Crippen MR) is 108 cm³/mol. The van der Waals surface area contributed by atoms with Gasteiger partial charge in [0.05, 0.1) is 31.2 Å². The molecule has 0 atom stereocenters. The van der Waals surface area contributed by atoms with Gasteiger partial charge in [-0.05, 0) is 42.8 Å². The maximum Gasteiger partial charge on any atom is 0.337 e. The van der Waals surface area contributed by atoms with E-state index in [0.29, 0.717) is 29.2 Å². The normalized spacial score (nSPS) is 10.7. The summed E-state index contributed by atoms with van der Waals surface area (Å²) in [6.45, 7) is 2.44. The highest BCUT2D eigenvalue weighted by Crippen LogP contribution is 2.28. The fourth-order valence-electron chi connectivity index (χ4n) is 2.58. The van der Waals surface area contributed by atoms with Crippen LogP contribution in [0.1, 0.15) is 33.3 Å². The van der Waals surface area contributed by atoms with Crippen molar-refractivity contribution >= 4 is 18.1 Å². The van der Waals surface area contributed by atoms with E-state index < -0.39 is 11.9 Å². The Morgan fingerprint density at radius 3 is 2.66 bits per heavy atom. The van der Waals surface area contributed by atoms with E-state index in [1.807, 2.05) is 31.2 Å². The summed E-state index contributed by atoms with van der Waals surface area (Å²) in [6, 6.07) is 15.7. The fourth-order valence-corrected chi connectivity index (χ4v) is 2.58. The second-order valence-corrected chi connectivity index (χ2v) is 5.91. The van der Waals surface area contributed by atoms with Crippen LogP contribution in [0.25, 0.3) is 11.3 Å². The summed E-state index contributed by atoms with van der Waals surface area (Å²) in [7, 11) is 1.32. The molecule has 0 saturated carbocycles. The molecule has 3 aromatic rings. The number of amides is 1. The summed E-state index contributed by atoms with van der Waals surface area (Å²) in [5.41, 5.74) is 5.25. The first-order chi connectivity index (χ1) is 14.1. The highest BCUT2D eigenvalue weighted by atomic mass is 16.5. The molecule has 148 valence electrons. The first kappa shape index (κ1) is 19.8. The number of aromatic amines is 1. The van der Waals surface area contributed by atoms with E-state index in [1.54, 1.807) is 30.3 Å². The number of carbonyl (C=O) groups excluding carboxylic acids is 2. The number of ether oxygens (including phenoxy) is 2. The molecule has 2 aromatic carbocycles. The van der Waals surface area contributed by atoms with E-state index in [1.165, 1.54) is 13.3 Å². The van der Waals surface area contributed by atoms with Crippen molar-refractivity contribution in [1.82, 2.24) is 15.6 Å². The van der Waals surface area contributed by atoms with Crippen molar-refractivity contribution in [2.75, 3.05) is 13.7 Å². The average Bonchev–Trinajstić information content (AvgIpc) is 3.24. The zero-order valence-corrected chi connectivity index (χ0v) is 16.0. The number of carbonyl (C=O) groups is 2. The Bertz CT molecular complexity index is 1030. The van der Waals surface area contributed by atoms with Gasteiger partial charge in [-0.1, -0.05) is 24.3 Å². The zero-order chi connectivity index (χ0) is 20.6. The van der Waals surface area contributed by atoms with Gasteiger partial charge in [-0.25, -0.2) is 10.2 Å². The minimum Gasteiger partial charge on any atom is -0.493 e. The van der Waals surface area contributed by atoms with Crippen molar-refractivity contribution in [2.24, 2.45) is 5.10 Å². The van der Waals surface area contributed by atoms with Crippen LogP contribution in [-0.4, -0.2) is 42.0 Å². The Kier molecular flexibility index (Phi) is 6.36. The average molecular weight is 392 g/mol. The molecule has 0 bridgehead atoms. The number of hydrogen-bond acceptors (Lipinski definition) is 6. The molecule has 8 heteroatoms. The monoisotopic (exact) mass is 392 g/mol. The van der Waals surface area contributed by atoms with Crippen molar-refractivity contribution in [3.63, 3.8) is 0 Å². The van der Waals surface area contributed by atoms with E-state index in [4.69, 9.17) is 4.74 Å². The number of rotatable bonds is 7. The smallest absolute Gasteiger partial charge is 0.337 e. The number of hydrazone groups is 1. The zero-order valence-electron chi connectivity index (χ0n) is 16.0. The third-order valence-corrected chi connectivity index (χ3v) is 4.00. The number of hydrogen-bond donors (Lipinski definition) is 2. The first-order valence-electron chi connectivity index (χ1n) is 8.91. The van der Waals surface area contributed by atoms with Gasteiger partial charge in [0.2, 0.25) is 0 Å². The van der Waals surface area contributed by atoms with Crippen molar-refractivity contribution < 1.29 is 19.1 Å². The van der Waals surface area contributed by atoms with Crippen LogP contribution < -0.4 is 10.2 Å². The van der Waals surface area contributed by atoms with Gasteiger partial charge < -0.3 is 9.47 Å². The number of para-hydroxylation sites is 1. The molecule has 3 rings (SSSR count). The molecule has 0 fully saturated rings. The molecule has 0 spiro atoms. The van der Waals surface area contributed by atoms with Gasteiger partial charge in [-0.2, -0.15) is 10.2 Å². The number of aromatic nitrogens is 2. The van der Waals surface area contributed by atoms with Gasteiger partial charge in [0, 0.05) is 5.56 Å². The molecule has 0 aliphatic carbocycles. The Morgan fingerprint density at radius 1 is 1.17 bits per heavy atom. The molecule has 0 aliphatic heterocycles. The largest absolute Gasteiger partial charge is 0.493 e. The summed E-state index contributed by atoms with van der Waals surface area (Å²) in [5, 5.41) is 10.8. The maximum absolute atomic E-state index is 12.3. The van der Waals surface area contributed by atoms with Crippen LogP contribution in [0, 0.1) is 0 Å². The molecular weight excluding hydrogens is 372 g/mol. The summed E-state index contributed by atoms with van der Waals surface area (Å²) >= 11 is 0. The SMILES string of the molecule is CCOc1ccccc1-c1cc(C(=O)N/N=C/c2ccc(C(=O)OC)cc2)[nH]n1. The fraction of sp³-hybridized carbons (Fsp3) is 0.143. The van der Waals surface area contributed by atoms with E-state index in [0.717, 1.165) is 5.56 Å². The highest BCUT2D eigenvalue weighted by molar-refractivity contribution is 5.94. The lowest BCUT2D eigenvalue weighted by atomic mass is 10.1. The van der Waals surface area contributed by atoms with Gasteiger partial charge in [-0.15, -0.1) is 0 Å².